The van der Waals surface area contributed by atoms with E-state index in [2.05, 4.69) is 10.2 Å². The summed E-state index contributed by atoms with van der Waals surface area (Å²) in [5.74, 6) is -0.252. The van der Waals surface area contributed by atoms with E-state index in [1.165, 1.54) is 0 Å². The van der Waals surface area contributed by atoms with Crippen molar-refractivity contribution in [3.63, 3.8) is 0 Å². The Morgan fingerprint density at radius 2 is 2.58 bits per heavy atom. The number of aromatic amines is 1. The lowest BCUT2D eigenvalue weighted by Gasteiger charge is -1.98. The summed E-state index contributed by atoms with van der Waals surface area (Å²) >= 11 is 0. The number of aliphatic hydroxyl groups excluding tert-OH is 1. The van der Waals surface area contributed by atoms with Gasteiger partial charge < -0.3 is 21.0 Å². The van der Waals surface area contributed by atoms with Gasteiger partial charge in [-0.2, -0.15) is 0 Å². The van der Waals surface area contributed by atoms with Crippen molar-refractivity contribution in [3.05, 3.63) is 21.9 Å². The van der Waals surface area contributed by atoms with Crippen LogP contribution in [0.2, 0.25) is 0 Å². The topological polar surface area (TPSA) is 118 Å². The van der Waals surface area contributed by atoms with Crippen molar-refractivity contribution in [1.82, 2.24) is 10.2 Å². The summed E-state index contributed by atoms with van der Waals surface area (Å²) in [6, 6.07) is 1.15. The molecule has 0 fully saturated rings. The molecule has 7 nitrogen and oxygen atoms in total. The second-order valence-electron chi connectivity index (χ2n) is 2.19. The van der Waals surface area contributed by atoms with Crippen LogP contribution in [0.25, 0.3) is 0 Å². The summed E-state index contributed by atoms with van der Waals surface area (Å²) < 4.78 is 0. The van der Waals surface area contributed by atoms with Crippen molar-refractivity contribution >= 4 is 5.82 Å². The summed E-state index contributed by atoms with van der Waals surface area (Å²) in [4.78, 5) is 9.52. The van der Waals surface area contributed by atoms with Crippen molar-refractivity contribution in [2.45, 2.75) is 6.10 Å². The van der Waals surface area contributed by atoms with Gasteiger partial charge in [-0.3, -0.25) is 0 Å². The Kier molecular flexibility index (Phi) is 2.36. The second kappa shape index (κ2) is 3.28. The minimum absolute atomic E-state index is 0.0119. The first kappa shape index (κ1) is 8.62. The van der Waals surface area contributed by atoms with Gasteiger partial charge in [-0.15, -0.1) is 5.10 Å². The molecule has 4 N–H and O–H groups in total. The van der Waals surface area contributed by atoms with Crippen LogP contribution < -0.4 is 5.73 Å². The molecule has 66 valence electrons. The Bertz CT molecular complexity index is 284. The molecule has 0 aliphatic heterocycles. The van der Waals surface area contributed by atoms with Crippen LogP contribution in [0, 0.1) is 10.1 Å². The third-order valence-electron chi connectivity index (χ3n) is 1.35. The predicted octanol–water partition coefficient (Wildman–Crippen LogP) is -0.690. The fourth-order valence-corrected chi connectivity index (χ4v) is 0.711. The Morgan fingerprint density at radius 1 is 1.92 bits per heavy atom. The van der Waals surface area contributed by atoms with Gasteiger partial charge in [0.2, 0.25) is 0 Å². The quantitative estimate of drug-likeness (QED) is 0.412. The van der Waals surface area contributed by atoms with Crippen molar-refractivity contribution < 1.29 is 10.0 Å². The molecule has 1 rings (SSSR count). The largest absolute Gasteiger partial charge is 0.385 e. The smallest absolute Gasteiger partial charge is 0.342 e. The number of nitro groups is 1. The number of aliphatic hydroxyl groups is 1. The van der Waals surface area contributed by atoms with Gasteiger partial charge >= 0.3 is 5.82 Å². The van der Waals surface area contributed by atoms with Crippen molar-refractivity contribution in [2.75, 3.05) is 6.54 Å². The van der Waals surface area contributed by atoms with E-state index in [-0.39, 0.29) is 18.1 Å². The highest BCUT2D eigenvalue weighted by molar-refractivity contribution is 5.22. The highest BCUT2D eigenvalue weighted by Gasteiger charge is 2.15. The predicted molar refractivity (Wildman–Crippen MR) is 39.3 cm³/mol. The average molecular weight is 172 g/mol. The van der Waals surface area contributed by atoms with E-state index in [9.17, 15) is 10.1 Å². The van der Waals surface area contributed by atoms with E-state index < -0.39 is 11.0 Å². The summed E-state index contributed by atoms with van der Waals surface area (Å²) in [5.41, 5.74) is 5.30. The van der Waals surface area contributed by atoms with Crippen LogP contribution in [0.4, 0.5) is 5.82 Å². The molecule has 0 aliphatic rings. The lowest BCUT2D eigenvalue weighted by atomic mass is 10.2. The first-order chi connectivity index (χ1) is 5.65. The molecule has 0 spiro atoms. The molecule has 7 heteroatoms. The fourth-order valence-electron chi connectivity index (χ4n) is 0.711. The van der Waals surface area contributed by atoms with Gasteiger partial charge in [0.1, 0.15) is 11.8 Å². The fraction of sp³-hybridized carbons (Fsp3) is 0.400. The van der Waals surface area contributed by atoms with Crippen molar-refractivity contribution in [1.29, 1.82) is 0 Å². The number of nitrogens with zero attached hydrogens (tertiary/aromatic N) is 2. The van der Waals surface area contributed by atoms with Crippen LogP contribution in [-0.4, -0.2) is 26.8 Å². The highest BCUT2D eigenvalue weighted by atomic mass is 16.6. The van der Waals surface area contributed by atoms with Crippen LogP contribution in [0.1, 0.15) is 11.8 Å². The first-order valence-electron chi connectivity index (χ1n) is 3.23. The number of nitrogens with two attached hydrogens (primary N) is 1. The molecule has 1 atom stereocenters. The Labute approximate surface area is 67.3 Å². The highest BCUT2D eigenvalue weighted by Crippen LogP contribution is 2.13. The van der Waals surface area contributed by atoms with Crippen LogP contribution in [0.15, 0.2) is 6.07 Å². The zero-order chi connectivity index (χ0) is 9.14. The standard InChI is InChI=1S/C5H8N4O3/c6-2-4(10)3-1-5(8-7-3)9(11)12/h1,4,10H,2,6H2,(H,7,8)/t4-/m1/s1. The van der Waals surface area contributed by atoms with Gasteiger partial charge in [0, 0.05) is 6.54 Å². The Morgan fingerprint density at radius 3 is 3.00 bits per heavy atom. The molecule has 12 heavy (non-hydrogen) atoms. The molecule has 1 heterocycles. The van der Waals surface area contributed by atoms with Crippen LogP contribution in [0.5, 0.6) is 0 Å². The average Bonchev–Trinajstić information content (AvgIpc) is 2.51. The number of nitrogens with one attached hydrogen (secondary N) is 1. The van der Waals surface area contributed by atoms with E-state index in [0.717, 1.165) is 6.07 Å². The van der Waals surface area contributed by atoms with E-state index in [0.29, 0.717) is 0 Å². The number of H-pyrrole nitrogens is 1. The molecule has 0 aliphatic carbocycles. The third kappa shape index (κ3) is 1.57. The summed E-state index contributed by atoms with van der Waals surface area (Å²) in [6.07, 6.45) is -0.949. The van der Waals surface area contributed by atoms with Crippen LogP contribution in [-0.2, 0) is 0 Å². The molecule has 0 saturated carbocycles. The zero-order valence-corrected chi connectivity index (χ0v) is 6.10. The number of hydrogen-bond acceptors (Lipinski definition) is 5. The van der Waals surface area contributed by atoms with E-state index in [1.807, 2.05) is 0 Å². The SMILES string of the molecule is NC[C@@H](O)c1cc([N+](=O)[O-])[nH]n1. The van der Waals surface area contributed by atoms with Crippen molar-refractivity contribution in [2.24, 2.45) is 5.73 Å². The number of aromatic nitrogens is 2. The summed E-state index contributed by atoms with van der Waals surface area (Å²) in [7, 11) is 0. The monoisotopic (exact) mass is 172 g/mol. The van der Waals surface area contributed by atoms with E-state index in [1.54, 1.807) is 0 Å². The normalized spacial score (nSPS) is 12.8. The minimum Gasteiger partial charge on any atom is -0.385 e. The molecule has 0 aromatic carbocycles. The first-order valence-corrected chi connectivity index (χ1v) is 3.23. The minimum atomic E-state index is -0.949. The molecule has 0 radical (unpaired) electrons. The van der Waals surface area contributed by atoms with E-state index in [4.69, 9.17) is 10.8 Å². The Hall–Kier alpha value is -1.47. The van der Waals surface area contributed by atoms with Crippen LogP contribution >= 0.6 is 0 Å². The lowest BCUT2D eigenvalue weighted by molar-refractivity contribution is -0.389. The van der Waals surface area contributed by atoms with Gasteiger partial charge in [-0.05, 0) is 4.92 Å². The molecule has 0 saturated heterocycles. The van der Waals surface area contributed by atoms with Gasteiger partial charge in [0.05, 0.1) is 6.07 Å². The molecule has 1 aromatic rings. The molecule has 1 aromatic heterocycles. The van der Waals surface area contributed by atoms with Crippen molar-refractivity contribution in [3.8, 4) is 0 Å². The molecule has 0 amide bonds. The second-order valence-corrected chi connectivity index (χ2v) is 2.19. The molecule has 0 unspecified atom stereocenters. The van der Waals surface area contributed by atoms with Crippen LogP contribution in [0.3, 0.4) is 0 Å². The Balaban J connectivity index is 2.84. The maximum absolute atomic E-state index is 10.1. The lowest BCUT2D eigenvalue weighted by Crippen LogP contribution is -2.11. The summed E-state index contributed by atoms with van der Waals surface area (Å²) in [6.45, 7) is -0.0119. The van der Waals surface area contributed by atoms with Gasteiger partial charge in [0.15, 0.2) is 0 Å². The number of hydrogen-bond donors (Lipinski definition) is 3. The molecular weight excluding hydrogens is 164 g/mol. The maximum atomic E-state index is 10.1. The van der Waals surface area contributed by atoms with E-state index >= 15 is 0 Å². The number of rotatable bonds is 3. The van der Waals surface area contributed by atoms with Gasteiger partial charge in [-0.25, -0.2) is 0 Å². The summed E-state index contributed by atoms with van der Waals surface area (Å²) in [5, 5.41) is 24.9. The maximum Gasteiger partial charge on any atom is 0.342 e. The van der Waals surface area contributed by atoms with Gasteiger partial charge in [-0.1, -0.05) is 5.10 Å². The third-order valence-corrected chi connectivity index (χ3v) is 1.35. The van der Waals surface area contributed by atoms with Gasteiger partial charge in [0.25, 0.3) is 0 Å². The zero-order valence-electron chi connectivity index (χ0n) is 6.10. The molecule has 0 bridgehead atoms. The molecular formula is C5H8N4O3.